The van der Waals surface area contributed by atoms with E-state index in [-0.39, 0.29) is 5.63 Å². The number of rotatable bonds is 0. The minimum absolute atomic E-state index is 0.291. The molecule has 0 fully saturated rings. The summed E-state index contributed by atoms with van der Waals surface area (Å²) in [6.45, 7) is 5.99. The molecular formula is C14H13NO2. The van der Waals surface area contributed by atoms with E-state index in [4.69, 9.17) is 4.42 Å². The van der Waals surface area contributed by atoms with Crippen molar-refractivity contribution in [1.29, 1.82) is 0 Å². The van der Waals surface area contributed by atoms with Crippen LogP contribution in [0.1, 0.15) is 16.8 Å². The molecule has 0 bridgehead atoms. The Morgan fingerprint density at radius 3 is 2.71 bits per heavy atom. The van der Waals surface area contributed by atoms with E-state index in [1.165, 1.54) is 6.07 Å². The summed E-state index contributed by atoms with van der Waals surface area (Å²) >= 11 is 0. The number of H-pyrrole nitrogens is 1. The summed E-state index contributed by atoms with van der Waals surface area (Å²) in [6, 6.07) is 5.55. The molecule has 3 nitrogen and oxygen atoms in total. The molecule has 17 heavy (non-hydrogen) atoms. The minimum atomic E-state index is -0.291. The maximum atomic E-state index is 11.5. The third-order valence-corrected chi connectivity index (χ3v) is 3.38. The van der Waals surface area contributed by atoms with Crippen molar-refractivity contribution in [3.05, 3.63) is 45.4 Å². The van der Waals surface area contributed by atoms with Crippen molar-refractivity contribution in [1.82, 2.24) is 4.98 Å². The Morgan fingerprint density at radius 1 is 1.18 bits per heavy atom. The van der Waals surface area contributed by atoms with Crippen LogP contribution in [0.2, 0.25) is 0 Å². The van der Waals surface area contributed by atoms with Crippen LogP contribution in [-0.2, 0) is 0 Å². The lowest BCUT2D eigenvalue weighted by Gasteiger charge is -2.02. The van der Waals surface area contributed by atoms with E-state index in [2.05, 4.69) is 4.98 Å². The van der Waals surface area contributed by atoms with Gasteiger partial charge in [-0.05, 0) is 44.0 Å². The highest BCUT2D eigenvalue weighted by atomic mass is 16.4. The zero-order valence-electron chi connectivity index (χ0n) is 10.0. The second kappa shape index (κ2) is 3.23. The third-order valence-electron chi connectivity index (χ3n) is 3.38. The molecule has 0 saturated carbocycles. The molecule has 0 unspecified atom stereocenters. The van der Waals surface area contributed by atoms with E-state index < -0.39 is 0 Å². The minimum Gasteiger partial charge on any atom is -0.422 e. The Morgan fingerprint density at radius 2 is 1.94 bits per heavy atom. The molecule has 3 aromatic rings. The first-order valence-corrected chi connectivity index (χ1v) is 5.60. The van der Waals surface area contributed by atoms with Gasteiger partial charge >= 0.3 is 5.63 Å². The van der Waals surface area contributed by atoms with Gasteiger partial charge in [0.2, 0.25) is 0 Å². The predicted molar refractivity (Wildman–Crippen MR) is 68.6 cm³/mol. The van der Waals surface area contributed by atoms with Crippen LogP contribution < -0.4 is 5.63 Å². The molecule has 2 aromatic heterocycles. The van der Waals surface area contributed by atoms with Crippen molar-refractivity contribution in [2.45, 2.75) is 20.8 Å². The van der Waals surface area contributed by atoms with Crippen molar-refractivity contribution in [3.63, 3.8) is 0 Å². The highest BCUT2D eigenvalue weighted by Gasteiger charge is 2.11. The summed E-state index contributed by atoms with van der Waals surface area (Å²) in [5, 5.41) is 2.01. The number of hydrogen-bond acceptors (Lipinski definition) is 2. The summed E-state index contributed by atoms with van der Waals surface area (Å²) in [5.74, 6) is 0. The summed E-state index contributed by atoms with van der Waals surface area (Å²) in [5.41, 5.74) is 4.61. The Labute approximate surface area is 98.1 Å². The van der Waals surface area contributed by atoms with Crippen molar-refractivity contribution in [3.8, 4) is 0 Å². The maximum absolute atomic E-state index is 11.5. The van der Waals surface area contributed by atoms with E-state index in [0.29, 0.717) is 5.58 Å². The standard InChI is InChI=1S/C14H13NO2/c1-7-6-12(16)17-14-10(7)4-5-11-13(14)8(2)9(3)15-11/h4-6,15H,1-3H3. The SMILES string of the molecule is Cc1[nH]c2ccc3c(C)cc(=O)oc3c2c1C. The Bertz CT molecular complexity index is 793. The highest BCUT2D eigenvalue weighted by Crippen LogP contribution is 2.30. The lowest BCUT2D eigenvalue weighted by molar-refractivity contribution is 0.563. The van der Waals surface area contributed by atoms with Crippen LogP contribution in [0, 0.1) is 20.8 Å². The molecule has 1 N–H and O–H groups in total. The number of hydrogen-bond donors (Lipinski definition) is 1. The number of aromatic nitrogens is 1. The molecule has 0 radical (unpaired) electrons. The van der Waals surface area contributed by atoms with Gasteiger partial charge in [0, 0.05) is 28.0 Å². The van der Waals surface area contributed by atoms with Crippen molar-refractivity contribution >= 4 is 21.9 Å². The molecule has 2 heterocycles. The lowest BCUT2D eigenvalue weighted by Crippen LogP contribution is -1.98. The first-order chi connectivity index (χ1) is 8.08. The maximum Gasteiger partial charge on any atom is 0.336 e. The second-order valence-corrected chi connectivity index (χ2v) is 4.49. The predicted octanol–water partition coefficient (Wildman–Crippen LogP) is 3.20. The molecular weight excluding hydrogens is 214 g/mol. The molecule has 86 valence electrons. The van der Waals surface area contributed by atoms with Crippen molar-refractivity contribution < 1.29 is 4.42 Å². The van der Waals surface area contributed by atoms with Crippen LogP contribution in [0.5, 0.6) is 0 Å². The summed E-state index contributed by atoms with van der Waals surface area (Å²) in [4.78, 5) is 14.8. The molecule has 0 amide bonds. The Kier molecular flexibility index (Phi) is 1.93. The fourth-order valence-corrected chi connectivity index (χ4v) is 2.34. The molecule has 3 rings (SSSR count). The van der Waals surface area contributed by atoms with Gasteiger partial charge in [0.05, 0.1) is 0 Å². The van der Waals surface area contributed by atoms with Gasteiger partial charge in [0.15, 0.2) is 0 Å². The summed E-state index contributed by atoms with van der Waals surface area (Å²) < 4.78 is 5.37. The van der Waals surface area contributed by atoms with Gasteiger partial charge < -0.3 is 9.40 Å². The first-order valence-electron chi connectivity index (χ1n) is 5.60. The van der Waals surface area contributed by atoms with Gasteiger partial charge in [0.25, 0.3) is 0 Å². The fourth-order valence-electron chi connectivity index (χ4n) is 2.34. The van der Waals surface area contributed by atoms with Crippen LogP contribution in [-0.4, -0.2) is 4.98 Å². The molecule has 0 atom stereocenters. The monoisotopic (exact) mass is 227 g/mol. The van der Waals surface area contributed by atoms with Gasteiger partial charge in [-0.1, -0.05) is 0 Å². The van der Waals surface area contributed by atoms with Crippen LogP contribution >= 0.6 is 0 Å². The van der Waals surface area contributed by atoms with Crippen molar-refractivity contribution in [2.24, 2.45) is 0 Å². The molecule has 0 saturated heterocycles. The van der Waals surface area contributed by atoms with E-state index in [9.17, 15) is 4.79 Å². The molecule has 1 aromatic carbocycles. The second-order valence-electron chi connectivity index (χ2n) is 4.49. The van der Waals surface area contributed by atoms with Gasteiger partial charge in [-0.15, -0.1) is 0 Å². The number of nitrogens with one attached hydrogen (secondary N) is 1. The average molecular weight is 227 g/mol. The largest absolute Gasteiger partial charge is 0.422 e. The molecule has 0 spiro atoms. The van der Waals surface area contributed by atoms with Crippen molar-refractivity contribution in [2.75, 3.05) is 0 Å². The number of aryl methyl sites for hydroxylation is 3. The Hall–Kier alpha value is -2.03. The average Bonchev–Trinajstić information content (AvgIpc) is 2.54. The Balaban J connectivity index is 2.67. The molecule has 0 aliphatic rings. The van der Waals surface area contributed by atoms with E-state index in [1.807, 2.05) is 32.9 Å². The highest BCUT2D eigenvalue weighted by molar-refractivity contribution is 6.06. The van der Waals surface area contributed by atoms with Gasteiger partial charge in [-0.25, -0.2) is 4.79 Å². The van der Waals surface area contributed by atoms with E-state index >= 15 is 0 Å². The van der Waals surface area contributed by atoms with E-state index in [1.54, 1.807) is 0 Å². The molecule has 0 aliphatic heterocycles. The lowest BCUT2D eigenvalue weighted by atomic mass is 10.1. The van der Waals surface area contributed by atoms with Crippen LogP contribution in [0.25, 0.3) is 21.9 Å². The normalized spacial score (nSPS) is 11.5. The van der Waals surface area contributed by atoms with Crippen LogP contribution in [0.15, 0.2) is 27.4 Å². The first kappa shape index (κ1) is 10.1. The van der Waals surface area contributed by atoms with Crippen LogP contribution in [0.4, 0.5) is 0 Å². The summed E-state index contributed by atoms with van der Waals surface area (Å²) in [6.07, 6.45) is 0. The smallest absolute Gasteiger partial charge is 0.336 e. The summed E-state index contributed by atoms with van der Waals surface area (Å²) in [7, 11) is 0. The molecule has 0 aliphatic carbocycles. The quantitative estimate of drug-likeness (QED) is 0.599. The van der Waals surface area contributed by atoms with Gasteiger partial charge in [-0.2, -0.15) is 0 Å². The number of fused-ring (bicyclic) bond motifs is 3. The number of benzene rings is 1. The van der Waals surface area contributed by atoms with Crippen LogP contribution in [0.3, 0.4) is 0 Å². The number of aromatic amines is 1. The third kappa shape index (κ3) is 1.32. The topological polar surface area (TPSA) is 46.0 Å². The van der Waals surface area contributed by atoms with E-state index in [0.717, 1.165) is 33.1 Å². The van der Waals surface area contributed by atoms with Gasteiger partial charge in [-0.3, -0.25) is 0 Å². The fraction of sp³-hybridized carbons (Fsp3) is 0.214. The zero-order valence-corrected chi connectivity index (χ0v) is 10.0. The van der Waals surface area contributed by atoms with Gasteiger partial charge in [0.1, 0.15) is 5.58 Å². The zero-order chi connectivity index (χ0) is 12.2. The molecule has 3 heteroatoms.